The second-order valence-corrected chi connectivity index (χ2v) is 22.5. The summed E-state index contributed by atoms with van der Waals surface area (Å²) in [5.41, 5.74) is 14.1. The molecular weight excluding hydrogens is 961 g/mol. The molecule has 0 aliphatic heterocycles. The summed E-state index contributed by atoms with van der Waals surface area (Å²) >= 11 is 2.16. The smallest absolute Gasteiger partial charge is 0.169 e. The van der Waals surface area contributed by atoms with Gasteiger partial charge in [-0.25, -0.2) is 18.3 Å². The van der Waals surface area contributed by atoms with Gasteiger partial charge in [-0.3, -0.25) is 19.9 Å². The molecule has 8 aromatic heterocycles. The van der Waals surface area contributed by atoms with Gasteiger partial charge in [-0.1, -0.05) is 38.5 Å². The molecule has 0 N–H and O–H groups in total. The Kier molecular flexibility index (Phi) is 23.8. The molecule has 8 heterocycles. The number of aryl methyl sites for hydroxylation is 8. The first-order chi connectivity index (χ1) is 38.0. The summed E-state index contributed by atoms with van der Waals surface area (Å²) in [5.74, 6) is 2.60. The van der Waals surface area contributed by atoms with Crippen molar-refractivity contribution < 1.29 is 18.3 Å². The molecule has 400 valence electrons. The Morgan fingerprint density at radius 2 is 0.571 bits per heavy atom. The largest absolute Gasteiger partial charge is 0.255 e. The molecule has 9 heteroatoms. The second-order valence-electron chi connectivity index (χ2n) is 21.3. The molecular formula is C68H86N8S+4. The van der Waals surface area contributed by atoms with Gasteiger partial charge >= 0.3 is 0 Å². The number of pyridine rings is 8. The first-order valence-electron chi connectivity index (χ1n) is 29.3. The van der Waals surface area contributed by atoms with Crippen LogP contribution in [0.3, 0.4) is 0 Å². The highest BCUT2D eigenvalue weighted by Crippen LogP contribution is 2.22. The lowest BCUT2D eigenvalue weighted by Gasteiger charge is -2.05. The molecule has 77 heavy (non-hydrogen) atoms. The standard InChI is InChI=1S/C68H86N8S/c1-57-23-35-69-65(53-57)67-55-59(25-37-71-67)21-13-5-3-7-15-39-73-43-27-61(28-44-73)63-31-47-75(48-32-63)41-17-9-11-19-51-77-52-20-12-10-18-42-76-49-33-64(34-50-76)62-29-45-74(46-30-62)40-16-8-4-6-14-22-60-26-38-72-68(56-60)66-54-58(2)24-36-70-66/h23-38,43-50,53-56H,3-22,39-42,51-52H2,1-2H3/q+4. The number of unbranched alkanes of at least 4 members (excludes halogenated alkanes) is 14. The fraction of sp³-hybridized carbons (Fsp3) is 0.412. The van der Waals surface area contributed by atoms with Crippen molar-refractivity contribution in [2.45, 2.75) is 168 Å². The molecule has 8 aromatic rings. The van der Waals surface area contributed by atoms with Crippen molar-refractivity contribution in [2.75, 3.05) is 11.5 Å². The Morgan fingerprint density at radius 3 is 0.896 bits per heavy atom. The normalized spacial score (nSPS) is 11.4. The van der Waals surface area contributed by atoms with Gasteiger partial charge in [0.25, 0.3) is 0 Å². The summed E-state index contributed by atoms with van der Waals surface area (Å²) in [4.78, 5) is 18.1. The Balaban J connectivity index is 0.582. The topological polar surface area (TPSA) is 67.1 Å². The Labute approximate surface area is 466 Å². The van der Waals surface area contributed by atoms with E-state index in [1.807, 2.05) is 36.9 Å². The van der Waals surface area contributed by atoms with Crippen molar-refractivity contribution in [3.8, 4) is 45.0 Å². The highest BCUT2D eigenvalue weighted by molar-refractivity contribution is 7.99. The minimum Gasteiger partial charge on any atom is -0.255 e. The van der Waals surface area contributed by atoms with Gasteiger partial charge in [0, 0.05) is 99.0 Å². The Morgan fingerprint density at radius 1 is 0.299 bits per heavy atom. The molecule has 0 fully saturated rings. The zero-order valence-electron chi connectivity index (χ0n) is 46.5. The number of hydrogen-bond acceptors (Lipinski definition) is 5. The van der Waals surface area contributed by atoms with Crippen LogP contribution in [0.15, 0.2) is 171 Å². The summed E-state index contributed by atoms with van der Waals surface area (Å²) in [5, 5.41) is 0. The van der Waals surface area contributed by atoms with Crippen LogP contribution in [0.4, 0.5) is 0 Å². The molecule has 0 bridgehead atoms. The maximum absolute atomic E-state index is 4.56. The minimum atomic E-state index is 0.959. The fourth-order valence-corrected chi connectivity index (χ4v) is 11.2. The zero-order valence-corrected chi connectivity index (χ0v) is 47.4. The van der Waals surface area contributed by atoms with Crippen molar-refractivity contribution in [1.29, 1.82) is 0 Å². The number of thioether (sulfide) groups is 1. The van der Waals surface area contributed by atoms with Crippen LogP contribution in [-0.4, -0.2) is 31.4 Å². The second kappa shape index (κ2) is 32.3. The predicted octanol–water partition coefficient (Wildman–Crippen LogP) is 14.6. The van der Waals surface area contributed by atoms with Crippen molar-refractivity contribution in [1.82, 2.24) is 19.9 Å². The van der Waals surface area contributed by atoms with Gasteiger partial charge in [-0.05, 0) is 183 Å². The number of rotatable bonds is 34. The summed E-state index contributed by atoms with van der Waals surface area (Å²) in [6.45, 7) is 8.55. The van der Waals surface area contributed by atoms with Gasteiger partial charge in [0.05, 0.1) is 22.8 Å². The SMILES string of the molecule is Cc1ccnc(-c2cc(CCCCCCC[n+]3ccc(-c4cc[n+](CCCCCCSCCCCCC[n+]5ccc(-c6cc[n+](CCCCCCCc7ccnc(-c8cc(C)ccn8)c7)cc6)cc5)cc4)cc3)ccn2)c1. The van der Waals surface area contributed by atoms with Crippen molar-refractivity contribution in [2.24, 2.45) is 0 Å². The molecule has 0 aliphatic carbocycles. The molecule has 0 aliphatic rings. The molecule has 8 rings (SSSR count). The van der Waals surface area contributed by atoms with E-state index in [4.69, 9.17) is 0 Å². The van der Waals surface area contributed by atoms with Crippen molar-refractivity contribution in [3.63, 3.8) is 0 Å². The Bertz CT molecular complexity index is 2720. The Hall–Kier alpha value is -6.45. The molecule has 0 saturated heterocycles. The average molecular weight is 1050 g/mol. The summed E-state index contributed by atoms with van der Waals surface area (Å²) in [6, 6.07) is 35.1. The van der Waals surface area contributed by atoms with Crippen LogP contribution >= 0.6 is 11.8 Å². The van der Waals surface area contributed by atoms with Crippen LogP contribution in [0.25, 0.3) is 45.0 Å². The van der Waals surface area contributed by atoms with Gasteiger partial charge in [-0.2, -0.15) is 11.8 Å². The van der Waals surface area contributed by atoms with Crippen LogP contribution in [0.2, 0.25) is 0 Å². The van der Waals surface area contributed by atoms with Crippen LogP contribution < -0.4 is 18.3 Å². The molecule has 0 radical (unpaired) electrons. The molecule has 0 saturated carbocycles. The van der Waals surface area contributed by atoms with Gasteiger partial charge < -0.3 is 0 Å². The molecule has 0 amide bonds. The summed E-state index contributed by atoms with van der Waals surface area (Å²) in [7, 11) is 0. The minimum absolute atomic E-state index is 0.959. The van der Waals surface area contributed by atoms with E-state index in [0.29, 0.717) is 0 Å². The maximum Gasteiger partial charge on any atom is 0.169 e. The van der Waals surface area contributed by atoms with E-state index in [1.165, 1.54) is 172 Å². The van der Waals surface area contributed by atoms with E-state index in [9.17, 15) is 0 Å². The number of hydrogen-bond donors (Lipinski definition) is 0. The number of nitrogens with zero attached hydrogens (tertiary/aromatic N) is 8. The third kappa shape index (κ3) is 20.1. The van der Waals surface area contributed by atoms with Gasteiger partial charge in [0.15, 0.2) is 49.6 Å². The first kappa shape index (κ1) is 56.7. The van der Waals surface area contributed by atoms with Crippen LogP contribution in [0, 0.1) is 13.8 Å². The van der Waals surface area contributed by atoms with Gasteiger partial charge in [0.2, 0.25) is 0 Å². The molecule has 0 unspecified atom stereocenters. The van der Waals surface area contributed by atoms with E-state index in [-0.39, 0.29) is 0 Å². The van der Waals surface area contributed by atoms with Gasteiger partial charge in [-0.15, -0.1) is 0 Å². The summed E-state index contributed by atoms with van der Waals surface area (Å²) in [6.07, 6.45) is 50.7. The predicted molar refractivity (Wildman–Crippen MR) is 317 cm³/mol. The highest BCUT2D eigenvalue weighted by Gasteiger charge is 2.10. The van der Waals surface area contributed by atoms with Crippen LogP contribution in [-0.2, 0) is 39.0 Å². The van der Waals surface area contributed by atoms with E-state index >= 15 is 0 Å². The molecule has 0 spiro atoms. The lowest BCUT2D eigenvalue weighted by Crippen LogP contribution is -2.33. The summed E-state index contributed by atoms with van der Waals surface area (Å²) < 4.78 is 9.37. The third-order valence-corrected chi connectivity index (χ3v) is 16.1. The highest BCUT2D eigenvalue weighted by atomic mass is 32.2. The van der Waals surface area contributed by atoms with Crippen molar-refractivity contribution in [3.05, 3.63) is 194 Å². The van der Waals surface area contributed by atoms with Crippen molar-refractivity contribution >= 4 is 11.8 Å². The van der Waals surface area contributed by atoms with Crippen LogP contribution in [0.1, 0.15) is 138 Å². The monoisotopic (exact) mass is 1050 g/mol. The zero-order chi connectivity index (χ0) is 53.0. The van der Waals surface area contributed by atoms with E-state index in [0.717, 1.165) is 61.8 Å². The third-order valence-electron chi connectivity index (χ3n) is 14.9. The molecule has 8 nitrogen and oxygen atoms in total. The lowest BCUT2D eigenvalue weighted by atomic mass is 10.0. The van der Waals surface area contributed by atoms with Gasteiger partial charge in [0.1, 0.15) is 26.2 Å². The maximum atomic E-state index is 4.56. The quantitative estimate of drug-likeness (QED) is 0.0297. The van der Waals surface area contributed by atoms with E-state index in [2.05, 4.69) is 198 Å². The first-order valence-corrected chi connectivity index (χ1v) is 30.5. The molecule has 0 aromatic carbocycles. The fourth-order valence-electron chi connectivity index (χ4n) is 10.2. The lowest BCUT2D eigenvalue weighted by molar-refractivity contribution is -0.697. The number of aromatic nitrogens is 8. The molecule has 0 atom stereocenters. The van der Waals surface area contributed by atoms with E-state index in [1.54, 1.807) is 0 Å². The van der Waals surface area contributed by atoms with E-state index < -0.39 is 0 Å². The average Bonchev–Trinajstić information content (AvgIpc) is 3.46. The van der Waals surface area contributed by atoms with Crippen LogP contribution in [0.5, 0.6) is 0 Å².